The molecule has 67 heavy (non-hydrogen) atoms. The fourth-order valence-electron chi connectivity index (χ4n) is 9.38. The summed E-state index contributed by atoms with van der Waals surface area (Å²) in [5, 5.41) is 75.7. The minimum atomic E-state index is -1.66. The van der Waals surface area contributed by atoms with Gasteiger partial charge in [-0.25, -0.2) is 0 Å². The van der Waals surface area contributed by atoms with E-state index in [1.54, 1.807) is 0 Å². The van der Waals surface area contributed by atoms with Gasteiger partial charge >= 0.3 is 0 Å². The van der Waals surface area contributed by atoms with Gasteiger partial charge in [0.15, 0.2) is 6.29 Å². The molecule has 0 aromatic heterocycles. The van der Waals surface area contributed by atoms with E-state index in [9.17, 15) is 40.5 Å². The fourth-order valence-corrected chi connectivity index (χ4v) is 9.38. The van der Waals surface area contributed by atoms with Gasteiger partial charge < -0.3 is 50.5 Å². The van der Waals surface area contributed by atoms with Crippen molar-refractivity contribution in [3.8, 4) is 0 Å². The van der Waals surface area contributed by atoms with Crippen LogP contribution >= 0.6 is 0 Å². The third-order valence-corrected chi connectivity index (χ3v) is 14.1. The molecule has 1 aliphatic rings. The first-order chi connectivity index (χ1) is 32.7. The highest BCUT2D eigenvalue weighted by atomic mass is 16.7. The molecule has 0 saturated carbocycles. The maximum absolute atomic E-state index is 13.1. The number of unbranched alkanes of at least 4 members (excludes halogenated alkanes) is 35. The van der Waals surface area contributed by atoms with Gasteiger partial charge in [-0.2, -0.15) is 0 Å². The van der Waals surface area contributed by atoms with E-state index in [0.717, 1.165) is 38.5 Å². The van der Waals surface area contributed by atoms with Crippen LogP contribution in [-0.2, 0) is 14.3 Å². The molecule has 8 N–H and O–H groups in total. The molecule has 1 rings (SSSR count). The average molecular weight is 956 g/mol. The summed E-state index contributed by atoms with van der Waals surface area (Å²) in [7, 11) is 0. The summed E-state index contributed by atoms with van der Waals surface area (Å²) in [5.74, 6) is -0.695. The van der Waals surface area contributed by atoms with E-state index >= 15 is 0 Å². The molecule has 398 valence electrons. The smallest absolute Gasteiger partial charge is 0.249 e. The van der Waals surface area contributed by atoms with Gasteiger partial charge in [-0.3, -0.25) is 4.79 Å². The topological polar surface area (TPSA) is 189 Å². The highest BCUT2D eigenvalue weighted by Gasteiger charge is 2.44. The largest absolute Gasteiger partial charge is 0.394 e. The van der Waals surface area contributed by atoms with Crippen molar-refractivity contribution < 1.29 is 50.0 Å². The lowest BCUT2D eigenvalue weighted by molar-refractivity contribution is -0.303. The first-order valence-corrected chi connectivity index (χ1v) is 28.6. The Morgan fingerprint density at radius 1 is 0.507 bits per heavy atom. The number of carbonyl (C=O) groups excluding carboxylic acids is 1. The number of allylic oxidation sites excluding steroid dienone is 2. The van der Waals surface area contributed by atoms with Crippen molar-refractivity contribution in [2.75, 3.05) is 13.2 Å². The zero-order valence-electron chi connectivity index (χ0n) is 43.4. The van der Waals surface area contributed by atoms with Crippen LogP contribution in [0, 0.1) is 0 Å². The number of amides is 1. The normalized spacial score (nSPS) is 20.6. The Bertz CT molecular complexity index is 1100. The number of aliphatic hydroxyl groups is 7. The second-order valence-electron chi connectivity index (χ2n) is 20.4. The summed E-state index contributed by atoms with van der Waals surface area (Å²) in [6, 6.07) is -1.16. The van der Waals surface area contributed by atoms with E-state index in [2.05, 4.69) is 31.3 Å². The molecule has 9 unspecified atom stereocenters. The van der Waals surface area contributed by atoms with E-state index in [0.29, 0.717) is 19.3 Å². The fraction of sp³-hybridized carbons (Fsp3) is 0.946. The molecule has 1 aliphatic heterocycles. The lowest BCUT2D eigenvalue weighted by atomic mass is 9.98. The van der Waals surface area contributed by atoms with Crippen LogP contribution in [0.4, 0.5) is 0 Å². The van der Waals surface area contributed by atoms with Crippen LogP contribution in [0.1, 0.15) is 271 Å². The van der Waals surface area contributed by atoms with Crippen LogP contribution in [0.15, 0.2) is 12.2 Å². The summed E-state index contributed by atoms with van der Waals surface area (Å²) in [4.78, 5) is 13.1. The first kappa shape index (κ1) is 63.9. The Balaban J connectivity index is 2.16. The number of rotatable bonds is 49. The molecule has 9 atom stereocenters. The van der Waals surface area contributed by atoms with Crippen LogP contribution in [0.2, 0.25) is 0 Å². The molecule has 0 radical (unpaired) electrons. The minimum absolute atomic E-state index is 0.264. The van der Waals surface area contributed by atoms with Crippen molar-refractivity contribution >= 4 is 5.91 Å². The van der Waals surface area contributed by atoms with Crippen molar-refractivity contribution in [3.05, 3.63) is 12.2 Å². The number of carbonyl (C=O) groups is 1. The standard InChI is InChI=1S/C56H109NO10/c1-3-5-7-9-11-13-14-15-16-17-18-19-20-21-22-23-24-25-26-27-28-29-30-31-32-33-34-36-38-40-42-44-49(60)55(65)57-47(46-66-56-54(64)53(63)52(62)50(45-58)67-56)51(61)48(59)43-41-39-37-35-12-10-8-6-4-2/h21-22,47-54,56,58-64H,3-20,23-46H2,1-2H3,(H,57,65)/b22-21-. The van der Waals surface area contributed by atoms with E-state index in [1.807, 2.05) is 0 Å². The highest BCUT2D eigenvalue weighted by molar-refractivity contribution is 5.80. The monoisotopic (exact) mass is 956 g/mol. The summed E-state index contributed by atoms with van der Waals surface area (Å²) in [6.45, 7) is 3.44. The molecule has 0 aromatic carbocycles. The maximum Gasteiger partial charge on any atom is 0.249 e. The zero-order chi connectivity index (χ0) is 49.0. The van der Waals surface area contributed by atoms with Crippen molar-refractivity contribution in [3.63, 3.8) is 0 Å². The van der Waals surface area contributed by atoms with Crippen LogP contribution in [0.25, 0.3) is 0 Å². The van der Waals surface area contributed by atoms with Crippen LogP contribution in [-0.4, -0.2) is 110 Å². The van der Waals surface area contributed by atoms with Crippen LogP contribution < -0.4 is 5.32 Å². The molecular formula is C56H109NO10. The van der Waals surface area contributed by atoms with Gasteiger partial charge in [0, 0.05) is 0 Å². The van der Waals surface area contributed by atoms with E-state index < -0.39 is 74.2 Å². The van der Waals surface area contributed by atoms with E-state index in [1.165, 1.54) is 193 Å². The van der Waals surface area contributed by atoms with Gasteiger partial charge in [0.2, 0.25) is 5.91 Å². The Morgan fingerprint density at radius 2 is 0.866 bits per heavy atom. The van der Waals surface area contributed by atoms with Gasteiger partial charge in [-0.15, -0.1) is 0 Å². The van der Waals surface area contributed by atoms with Gasteiger partial charge in [0.1, 0.15) is 36.6 Å². The molecule has 1 saturated heterocycles. The molecule has 1 amide bonds. The highest BCUT2D eigenvalue weighted by Crippen LogP contribution is 2.23. The lowest BCUT2D eigenvalue weighted by Gasteiger charge is -2.40. The van der Waals surface area contributed by atoms with Crippen LogP contribution in [0.3, 0.4) is 0 Å². The molecular weight excluding hydrogens is 847 g/mol. The Kier molecular flexibility index (Phi) is 43.8. The molecule has 0 aromatic rings. The third kappa shape index (κ3) is 34.8. The summed E-state index contributed by atoms with van der Waals surface area (Å²) in [6.07, 6.45) is 41.6. The number of nitrogens with one attached hydrogen (secondary N) is 1. The van der Waals surface area contributed by atoms with Crippen molar-refractivity contribution in [2.24, 2.45) is 0 Å². The first-order valence-electron chi connectivity index (χ1n) is 28.6. The van der Waals surface area contributed by atoms with Crippen LogP contribution in [0.5, 0.6) is 0 Å². The van der Waals surface area contributed by atoms with Crippen molar-refractivity contribution in [2.45, 2.75) is 326 Å². The van der Waals surface area contributed by atoms with Crippen molar-refractivity contribution in [1.29, 1.82) is 0 Å². The molecule has 0 bridgehead atoms. The number of aliphatic hydroxyl groups excluding tert-OH is 7. The summed E-state index contributed by atoms with van der Waals surface area (Å²) >= 11 is 0. The van der Waals surface area contributed by atoms with Crippen molar-refractivity contribution in [1.82, 2.24) is 5.32 Å². The summed E-state index contributed by atoms with van der Waals surface area (Å²) < 4.78 is 11.1. The SMILES string of the molecule is CCCCCCCCCCCCCC/C=C\CCCCCCCCCCCCCCCCCC(O)C(=O)NC(COC1OC(CO)C(O)C(O)C1O)C(O)C(O)CCCCCCCCCCC. The molecule has 11 heteroatoms. The average Bonchev–Trinajstić information content (AvgIpc) is 3.33. The molecule has 1 heterocycles. The van der Waals surface area contributed by atoms with Gasteiger partial charge in [0.25, 0.3) is 0 Å². The predicted molar refractivity (Wildman–Crippen MR) is 275 cm³/mol. The Morgan fingerprint density at radius 3 is 1.25 bits per heavy atom. The van der Waals surface area contributed by atoms with E-state index in [4.69, 9.17) is 9.47 Å². The predicted octanol–water partition coefficient (Wildman–Crippen LogP) is 11.6. The minimum Gasteiger partial charge on any atom is -0.394 e. The molecule has 0 aliphatic carbocycles. The Labute approximate surface area is 411 Å². The maximum atomic E-state index is 13.1. The lowest BCUT2D eigenvalue weighted by Crippen LogP contribution is -2.60. The number of ether oxygens (including phenoxy) is 2. The molecule has 11 nitrogen and oxygen atoms in total. The zero-order valence-corrected chi connectivity index (χ0v) is 43.4. The van der Waals surface area contributed by atoms with Gasteiger partial charge in [-0.1, -0.05) is 244 Å². The number of hydrogen-bond donors (Lipinski definition) is 8. The van der Waals surface area contributed by atoms with Gasteiger partial charge in [0.05, 0.1) is 25.4 Å². The molecule has 0 spiro atoms. The quantitative estimate of drug-likeness (QED) is 0.0215. The number of hydrogen-bond acceptors (Lipinski definition) is 10. The third-order valence-electron chi connectivity index (χ3n) is 14.1. The van der Waals surface area contributed by atoms with Gasteiger partial charge in [-0.05, 0) is 38.5 Å². The second-order valence-corrected chi connectivity index (χ2v) is 20.4. The second kappa shape index (κ2) is 46.0. The van der Waals surface area contributed by atoms with E-state index in [-0.39, 0.29) is 6.42 Å². The summed E-state index contributed by atoms with van der Waals surface area (Å²) in [5.41, 5.74) is 0. The Hall–Kier alpha value is -1.15. The molecule has 1 fully saturated rings.